The van der Waals surface area contributed by atoms with E-state index in [0.717, 1.165) is 11.1 Å². The molecule has 0 saturated carbocycles. The minimum Gasteiger partial charge on any atom is -0.437 e. The third-order valence-corrected chi connectivity index (χ3v) is 3.71. The SMILES string of the molecule is CC(NC(=O)/C=C/c1ccccc1)c1cccc(Oc2cnccn2)c1. The Morgan fingerprint density at radius 3 is 2.73 bits per heavy atom. The monoisotopic (exact) mass is 345 g/mol. The van der Waals surface area contributed by atoms with Crippen LogP contribution >= 0.6 is 0 Å². The van der Waals surface area contributed by atoms with Crippen molar-refractivity contribution >= 4 is 12.0 Å². The van der Waals surface area contributed by atoms with Crippen LogP contribution in [-0.2, 0) is 4.79 Å². The average molecular weight is 345 g/mol. The van der Waals surface area contributed by atoms with Gasteiger partial charge in [-0.15, -0.1) is 0 Å². The third kappa shape index (κ3) is 5.01. The summed E-state index contributed by atoms with van der Waals surface area (Å²) in [6.07, 6.45) is 8.03. The smallest absolute Gasteiger partial charge is 0.244 e. The molecule has 26 heavy (non-hydrogen) atoms. The molecule has 1 atom stereocenters. The fraction of sp³-hybridized carbons (Fsp3) is 0.0952. The van der Waals surface area contributed by atoms with E-state index in [1.165, 1.54) is 6.08 Å². The zero-order valence-electron chi connectivity index (χ0n) is 14.4. The molecule has 1 unspecified atom stereocenters. The average Bonchev–Trinajstić information content (AvgIpc) is 2.68. The Balaban J connectivity index is 1.62. The predicted octanol–water partition coefficient (Wildman–Crippen LogP) is 4.16. The first-order valence-electron chi connectivity index (χ1n) is 8.28. The molecular formula is C21H19N3O2. The van der Waals surface area contributed by atoms with Gasteiger partial charge in [-0.05, 0) is 36.3 Å². The lowest BCUT2D eigenvalue weighted by Gasteiger charge is -2.14. The van der Waals surface area contributed by atoms with Crippen LogP contribution in [0.15, 0.2) is 79.3 Å². The van der Waals surface area contributed by atoms with Gasteiger partial charge in [0, 0.05) is 18.5 Å². The van der Waals surface area contributed by atoms with Gasteiger partial charge in [0.15, 0.2) is 0 Å². The lowest BCUT2D eigenvalue weighted by Crippen LogP contribution is -2.24. The normalized spacial score (nSPS) is 11.9. The minimum atomic E-state index is -0.159. The van der Waals surface area contributed by atoms with Gasteiger partial charge < -0.3 is 10.1 Å². The molecule has 0 radical (unpaired) electrons. The summed E-state index contributed by atoms with van der Waals surface area (Å²) in [7, 11) is 0. The Kier molecular flexibility index (Phi) is 5.72. The van der Waals surface area contributed by atoms with Crippen molar-refractivity contribution in [1.82, 2.24) is 15.3 Å². The van der Waals surface area contributed by atoms with Crippen molar-refractivity contribution in [2.75, 3.05) is 0 Å². The third-order valence-electron chi connectivity index (χ3n) is 3.71. The summed E-state index contributed by atoms with van der Waals surface area (Å²) in [5.74, 6) is 0.915. The summed E-state index contributed by atoms with van der Waals surface area (Å²) < 4.78 is 5.68. The van der Waals surface area contributed by atoms with Crippen LogP contribution in [-0.4, -0.2) is 15.9 Å². The maximum atomic E-state index is 12.1. The van der Waals surface area contributed by atoms with E-state index in [-0.39, 0.29) is 11.9 Å². The fourth-order valence-electron chi connectivity index (χ4n) is 2.39. The van der Waals surface area contributed by atoms with E-state index in [1.54, 1.807) is 24.7 Å². The Morgan fingerprint density at radius 2 is 1.96 bits per heavy atom. The van der Waals surface area contributed by atoms with E-state index in [4.69, 9.17) is 4.74 Å². The highest BCUT2D eigenvalue weighted by Gasteiger charge is 2.09. The first-order valence-corrected chi connectivity index (χ1v) is 8.28. The molecule has 1 amide bonds. The molecule has 2 aromatic carbocycles. The quantitative estimate of drug-likeness (QED) is 0.681. The van der Waals surface area contributed by atoms with Crippen LogP contribution in [0.1, 0.15) is 24.1 Å². The van der Waals surface area contributed by atoms with Crippen molar-refractivity contribution in [2.24, 2.45) is 0 Å². The molecule has 3 aromatic rings. The topological polar surface area (TPSA) is 64.1 Å². The van der Waals surface area contributed by atoms with Crippen LogP contribution in [0.5, 0.6) is 11.6 Å². The first kappa shape index (κ1) is 17.4. The molecule has 0 bridgehead atoms. The molecule has 0 saturated heterocycles. The minimum absolute atomic E-state index is 0.151. The molecule has 0 fully saturated rings. The van der Waals surface area contributed by atoms with Crippen molar-refractivity contribution in [3.63, 3.8) is 0 Å². The molecule has 0 aliphatic carbocycles. The van der Waals surface area contributed by atoms with Gasteiger partial charge >= 0.3 is 0 Å². The van der Waals surface area contributed by atoms with Crippen LogP contribution < -0.4 is 10.1 Å². The van der Waals surface area contributed by atoms with Crippen LogP contribution in [0.3, 0.4) is 0 Å². The number of aromatic nitrogens is 2. The van der Waals surface area contributed by atoms with E-state index in [9.17, 15) is 4.79 Å². The number of rotatable bonds is 6. The van der Waals surface area contributed by atoms with Crippen LogP contribution in [0, 0.1) is 0 Å². The van der Waals surface area contributed by atoms with Crippen molar-refractivity contribution in [1.29, 1.82) is 0 Å². The number of ether oxygens (including phenoxy) is 1. The second-order valence-electron chi connectivity index (χ2n) is 5.69. The summed E-state index contributed by atoms with van der Waals surface area (Å²) in [5, 5.41) is 2.95. The highest BCUT2D eigenvalue weighted by Crippen LogP contribution is 2.22. The Hall–Kier alpha value is -3.47. The van der Waals surface area contributed by atoms with E-state index in [2.05, 4.69) is 15.3 Å². The summed E-state index contributed by atoms with van der Waals surface area (Å²) >= 11 is 0. The zero-order chi connectivity index (χ0) is 18.2. The van der Waals surface area contributed by atoms with Crippen LogP contribution in [0.2, 0.25) is 0 Å². The Bertz CT molecular complexity index is 880. The van der Waals surface area contributed by atoms with Gasteiger partial charge in [-0.25, -0.2) is 4.98 Å². The number of hydrogen-bond donors (Lipinski definition) is 1. The van der Waals surface area contributed by atoms with Crippen molar-refractivity contribution in [3.8, 4) is 11.6 Å². The summed E-state index contributed by atoms with van der Waals surface area (Å²) in [5.41, 5.74) is 1.92. The molecule has 0 aliphatic rings. The van der Waals surface area contributed by atoms with Gasteiger partial charge in [-0.2, -0.15) is 0 Å². The van der Waals surface area contributed by atoms with Gasteiger partial charge in [0.25, 0.3) is 0 Å². The predicted molar refractivity (Wildman–Crippen MR) is 101 cm³/mol. The van der Waals surface area contributed by atoms with Gasteiger partial charge in [-0.3, -0.25) is 9.78 Å². The number of nitrogens with zero attached hydrogens (tertiary/aromatic N) is 2. The molecule has 1 heterocycles. The number of nitrogens with one attached hydrogen (secondary N) is 1. The number of benzene rings is 2. The zero-order valence-corrected chi connectivity index (χ0v) is 14.4. The van der Waals surface area contributed by atoms with E-state index in [0.29, 0.717) is 11.6 Å². The maximum absolute atomic E-state index is 12.1. The molecule has 130 valence electrons. The maximum Gasteiger partial charge on any atom is 0.244 e. The number of carbonyl (C=O) groups excluding carboxylic acids is 1. The van der Waals surface area contributed by atoms with Crippen molar-refractivity contribution < 1.29 is 9.53 Å². The molecule has 0 aliphatic heterocycles. The van der Waals surface area contributed by atoms with Gasteiger partial charge in [0.1, 0.15) is 5.75 Å². The lowest BCUT2D eigenvalue weighted by molar-refractivity contribution is -0.117. The van der Waals surface area contributed by atoms with Gasteiger partial charge in [0.2, 0.25) is 11.8 Å². The van der Waals surface area contributed by atoms with Gasteiger partial charge in [0.05, 0.1) is 12.2 Å². The highest BCUT2D eigenvalue weighted by molar-refractivity contribution is 5.91. The molecule has 1 N–H and O–H groups in total. The molecule has 5 nitrogen and oxygen atoms in total. The lowest BCUT2D eigenvalue weighted by atomic mass is 10.1. The van der Waals surface area contributed by atoms with E-state index < -0.39 is 0 Å². The number of carbonyl (C=O) groups is 1. The van der Waals surface area contributed by atoms with E-state index in [1.807, 2.05) is 61.5 Å². The number of hydrogen-bond acceptors (Lipinski definition) is 4. The van der Waals surface area contributed by atoms with Crippen LogP contribution in [0.4, 0.5) is 0 Å². The van der Waals surface area contributed by atoms with Crippen LogP contribution in [0.25, 0.3) is 6.08 Å². The second-order valence-corrected chi connectivity index (χ2v) is 5.69. The standard InChI is InChI=1S/C21H19N3O2/c1-16(24-20(25)11-10-17-6-3-2-4-7-17)18-8-5-9-19(14-18)26-21-15-22-12-13-23-21/h2-16H,1H3,(H,24,25)/b11-10+. The molecular weight excluding hydrogens is 326 g/mol. The summed E-state index contributed by atoms with van der Waals surface area (Å²) in [4.78, 5) is 20.2. The second kappa shape index (κ2) is 8.58. The number of amides is 1. The fourth-order valence-corrected chi connectivity index (χ4v) is 2.39. The molecule has 3 rings (SSSR count). The Labute approximate surface area is 152 Å². The highest BCUT2D eigenvalue weighted by atomic mass is 16.5. The molecule has 1 aromatic heterocycles. The molecule has 0 spiro atoms. The van der Waals surface area contributed by atoms with Crippen molar-refractivity contribution in [2.45, 2.75) is 13.0 Å². The summed E-state index contributed by atoms with van der Waals surface area (Å²) in [6.45, 7) is 1.93. The largest absolute Gasteiger partial charge is 0.437 e. The Morgan fingerprint density at radius 1 is 1.12 bits per heavy atom. The summed E-state index contributed by atoms with van der Waals surface area (Å²) in [6, 6.07) is 17.1. The van der Waals surface area contributed by atoms with Gasteiger partial charge in [-0.1, -0.05) is 42.5 Å². The molecule has 5 heteroatoms. The van der Waals surface area contributed by atoms with Crippen molar-refractivity contribution in [3.05, 3.63) is 90.4 Å². The van der Waals surface area contributed by atoms with E-state index >= 15 is 0 Å². The first-order chi connectivity index (χ1) is 12.7.